The van der Waals surface area contributed by atoms with Crippen molar-refractivity contribution in [2.75, 3.05) is 12.4 Å². The molecule has 0 saturated carbocycles. The summed E-state index contributed by atoms with van der Waals surface area (Å²) < 4.78 is 10.3. The number of aryl methyl sites for hydroxylation is 1. The zero-order chi connectivity index (χ0) is 11.4. The van der Waals surface area contributed by atoms with Gasteiger partial charge in [-0.3, -0.25) is 0 Å². The van der Waals surface area contributed by atoms with Gasteiger partial charge in [-0.25, -0.2) is 9.97 Å². The van der Waals surface area contributed by atoms with Crippen LogP contribution in [-0.4, -0.2) is 22.1 Å². The van der Waals surface area contributed by atoms with E-state index in [1.807, 2.05) is 6.92 Å². The number of nitrogens with one attached hydrogen (secondary N) is 1. The lowest BCUT2D eigenvalue weighted by atomic mass is 10.6. The molecule has 6 nitrogen and oxygen atoms in total. The SMILES string of the molecule is COc1ccnc(NCc2ncc(C)o2)n1. The van der Waals surface area contributed by atoms with Crippen LogP contribution < -0.4 is 10.1 Å². The second-order valence-electron chi connectivity index (χ2n) is 3.14. The number of nitrogens with zero attached hydrogens (tertiary/aromatic N) is 3. The second kappa shape index (κ2) is 4.61. The van der Waals surface area contributed by atoms with Crippen LogP contribution in [0, 0.1) is 6.92 Å². The normalized spacial score (nSPS) is 10.1. The Bertz CT molecular complexity index is 469. The highest BCUT2D eigenvalue weighted by Crippen LogP contribution is 2.09. The molecule has 16 heavy (non-hydrogen) atoms. The zero-order valence-corrected chi connectivity index (χ0v) is 9.10. The fourth-order valence-corrected chi connectivity index (χ4v) is 1.18. The third kappa shape index (κ3) is 2.47. The highest BCUT2D eigenvalue weighted by molar-refractivity contribution is 5.27. The summed E-state index contributed by atoms with van der Waals surface area (Å²) >= 11 is 0. The van der Waals surface area contributed by atoms with Crippen LogP contribution in [0.5, 0.6) is 5.88 Å². The fourth-order valence-electron chi connectivity index (χ4n) is 1.18. The van der Waals surface area contributed by atoms with Crippen LogP contribution in [0.1, 0.15) is 11.7 Å². The van der Waals surface area contributed by atoms with Crippen molar-refractivity contribution in [2.24, 2.45) is 0 Å². The smallest absolute Gasteiger partial charge is 0.226 e. The third-order valence-electron chi connectivity index (χ3n) is 1.91. The molecule has 6 heteroatoms. The number of rotatable bonds is 4. The topological polar surface area (TPSA) is 73.1 Å². The van der Waals surface area contributed by atoms with E-state index in [9.17, 15) is 0 Å². The van der Waals surface area contributed by atoms with Crippen molar-refractivity contribution in [3.05, 3.63) is 30.1 Å². The molecule has 0 amide bonds. The van der Waals surface area contributed by atoms with Gasteiger partial charge >= 0.3 is 0 Å². The predicted molar refractivity (Wildman–Crippen MR) is 57.2 cm³/mol. The molecule has 0 aliphatic heterocycles. The second-order valence-corrected chi connectivity index (χ2v) is 3.14. The van der Waals surface area contributed by atoms with E-state index in [4.69, 9.17) is 9.15 Å². The molecule has 84 valence electrons. The lowest BCUT2D eigenvalue weighted by Gasteiger charge is -2.03. The molecule has 0 aliphatic carbocycles. The van der Waals surface area contributed by atoms with Gasteiger partial charge < -0.3 is 14.5 Å². The minimum Gasteiger partial charge on any atom is -0.481 e. The molecule has 2 aromatic rings. The summed E-state index contributed by atoms with van der Waals surface area (Å²) in [5.41, 5.74) is 0. The van der Waals surface area contributed by atoms with Gasteiger partial charge in [0.1, 0.15) is 5.76 Å². The molecule has 2 heterocycles. The van der Waals surface area contributed by atoms with E-state index in [-0.39, 0.29) is 0 Å². The number of hydrogen-bond donors (Lipinski definition) is 1. The summed E-state index contributed by atoms with van der Waals surface area (Å²) in [5.74, 6) is 2.38. The van der Waals surface area contributed by atoms with Gasteiger partial charge in [0.05, 0.1) is 19.9 Å². The van der Waals surface area contributed by atoms with Crippen molar-refractivity contribution in [2.45, 2.75) is 13.5 Å². The summed E-state index contributed by atoms with van der Waals surface area (Å²) in [7, 11) is 1.56. The van der Waals surface area contributed by atoms with Crippen LogP contribution in [0.4, 0.5) is 5.95 Å². The van der Waals surface area contributed by atoms with Crippen molar-refractivity contribution in [1.82, 2.24) is 15.0 Å². The molecule has 0 aliphatic rings. The first-order valence-corrected chi connectivity index (χ1v) is 4.80. The molecule has 0 bridgehead atoms. The number of ether oxygens (including phenoxy) is 1. The van der Waals surface area contributed by atoms with Gasteiger partial charge in [0.2, 0.25) is 17.7 Å². The Hall–Kier alpha value is -2.11. The molecule has 0 unspecified atom stereocenters. The molecule has 0 spiro atoms. The number of oxazole rings is 1. The first-order valence-electron chi connectivity index (χ1n) is 4.80. The first kappa shape index (κ1) is 10.4. The molecular formula is C10H12N4O2. The monoisotopic (exact) mass is 220 g/mol. The van der Waals surface area contributed by atoms with Crippen molar-refractivity contribution in [3.63, 3.8) is 0 Å². The van der Waals surface area contributed by atoms with Crippen LogP contribution in [0.25, 0.3) is 0 Å². The van der Waals surface area contributed by atoms with Crippen molar-refractivity contribution in [1.29, 1.82) is 0 Å². The average molecular weight is 220 g/mol. The van der Waals surface area contributed by atoms with Crippen LogP contribution in [0.2, 0.25) is 0 Å². The van der Waals surface area contributed by atoms with Gasteiger partial charge in [-0.05, 0) is 6.92 Å². The van der Waals surface area contributed by atoms with Crippen LogP contribution in [0.3, 0.4) is 0 Å². The van der Waals surface area contributed by atoms with Crippen molar-refractivity contribution >= 4 is 5.95 Å². The molecular weight excluding hydrogens is 208 g/mol. The number of hydrogen-bond acceptors (Lipinski definition) is 6. The lowest BCUT2D eigenvalue weighted by molar-refractivity contribution is 0.397. The van der Waals surface area contributed by atoms with Gasteiger partial charge in [-0.15, -0.1) is 0 Å². The van der Waals surface area contributed by atoms with Crippen molar-refractivity contribution in [3.8, 4) is 5.88 Å². The number of aromatic nitrogens is 3. The Kier molecular flexibility index (Phi) is 3.00. The van der Waals surface area contributed by atoms with Gasteiger partial charge in [0.15, 0.2) is 0 Å². The van der Waals surface area contributed by atoms with E-state index in [0.29, 0.717) is 24.3 Å². The Morgan fingerprint density at radius 1 is 1.44 bits per heavy atom. The van der Waals surface area contributed by atoms with Crippen LogP contribution in [0.15, 0.2) is 22.9 Å². The molecule has 1 N–H and O–H groups in total. The quantitative estimate of drug-likeness (QED) is 0.839. The van der Waals surface area contributed by atoms with E-state index in [1.54, 1.807) is 25.6 Å². The summed E-state index contributed by atoms with van der Waals surface area (Å²) in [4.78, 5) is 12.2. The Balaban J connectivity index is 1.99. The van der Waals surface area contributed by atoms with E-state index in [2.05, 4.69) is 20.3 Å². The minimum absolute atomic E-state index is 0.445. The number of methoxy groups -OCH3 is 1. The summed E-state index contributed by atoms with van der Waals surface area (Å²) in [6, 6.07) is 1.68. The van der Waals surface area contributed by atoms with E-state index in [1.165, 1.54) is 0 Å². The standard InChI is InChI=1S/C10H12N4O2/c1-7-5-12-9(16-7)6-13-10-11-4-3-8(14-10)15-2/h3-5H,6H2,1-2H3,(H,11,13,14). The molecule has 0 atom stereocenters. The average Bonchev–Trinajstić information content (AvgIpc) is 2.73. The molecule has 2 rings (SSSR count). The molecule has 0 aromatic carbocycles. The maximum atomic E-state index is 5.30. The minimum atomic E-state index is 0.445. The van der Waals surface area contributed by atoms with E-state index in [0.717, 1.165) is 5.76 Å². The third-order valence-corrected chi connectivity index (χ3v) is 1.91. The predicted octanol–water partition coefficient (Wildman–Crippen LogP) is 1.39. The highest BCUT2D eigenvalue weighted by Gasteiger charge is 2.02. The summed E-state index contributed by atoms with van der Waals surface area (Å²) in [6.07, 6.45) is 3.29. The van der Waals surface area contributed by atoms with E-state index < -0.39 is 0 Å². The van der Waals surface area contributed by atoms with Gasteiger partial charge in [0, 0.05) is 12.3 Å². The fraction of sp³-hybridized carbons (Fsp3) is 0.300. The van der Waals surface area contributed by atoms with Crippen LogP contribution >= 0.6 is 0 Å². The van der Waals surface area contributed by atoms with Gasteiger partial charge in [-0.2, -0.15) is 4.98 Å². The van der Waals surface area contributed by atoms with Crippen molar-refractivity contribution < 1.29 is 9.15 Å². The highest BCUT2D eigenvalue weighted by atomic mass is 16.5. The summed E-state index contributed by atoms with van der Waals surface area (Å²) in [6.45, 7) is 2.29. The van der Waals surface area contributed by atoms with Crippen LogP contribution in [-0.2, 0) is 6.54 Å². The molecule has 0 fully saturated rings. The molecule has 0 saturated heterocycles. The largest absolute Gasteiger partial charge is 0.481 e. The summed E-state index contributed by atoms with van der Waals surface area (Å²) in [5, 5.41) is 2.99. The number of anilines is 1. The van der Waals surface area contributed by atoms with Gasteiger partial charge in [-0.1, -0.05) is 0 Å². The Labute approximate surface area is 92.7 Å². The maximum absolute atomic E-state index is 5.30. The lowest BCUT2D eigenvalue weighted by Crippen LogP contribution is -2.04. The Morgan fingerprint density at radius 2 is 2.31 bits per heavy atom. The maximum Gasteiger partial charge on any atom is 0.226 e. The zero-order valence-electron chi connectivity index (χ0n) is 9.10. The molecule has 2 aromatic heterocycles. The Morgan fingerprint density at radius 3 is 3.00 bits per heavy atom. The van der Waals surface area contributed by atoms with E-state index >= 15 is 0 Å². The molecule has 0 radical (unpaired) electrons. The van der Waals surface area contributed by atoms with Gasteiger partial charge in [0.25, 0.3) is 0 Å². The first-order chi connectivity index (χ1) is 7.78.